The number of ether oxygens (including phenoxy) is 4. The zero-order valence-electron chi connectivity index (χ0n) is 44.9. The number of nitrogens with one attached hydrogen (secondary N) is 4. The fraction of sp³-hybridized carbons (Fsp3) is 0.633. The first-order valence-electron chi connectivity index (χ1n) is 24.1. The lowest BCUT2D eigenvalue weighted by atomic mass is 9.95. The van der Waals surface area contributed by atoms with Gasteiger partial charge in [0.15, 0.2) is 24.2 Å². The van der Waals surface area contributed by atoms with E-state index in [0.29, 0.717) is 5.56 Å². The lowest BCUT2D eigenvalue weighted by molar-refractivity contribution is -0.177. The summed E-state index contributed by atoms with van der Waals surface area (Å²) in [6.45, 7) is 19.5. The molecule has 0 radical (unpaired) electrons. The summed E-state index contributed by atoms with van der Waals surface area (Å²) in [7, 11) is 1.46. The Kier molecular flexibility index (Phi) is 24.9. The van der Waals surface area contributed by atoms with E-state index in [4.69, 9.17) is 23.5 Å². The Morgan fingerprint density at radius 2 is 1.45 bits per heavy atom. The summed E-state index contributed by atoms with van der Waals surface area (Å²) in [6.07, 6.45) is -8.01. The molecule has 1 aliphatic heterocycles. The molecule has 412 valence electrons. The number of hydrogen-bond donors (Lipinski definition) is 5. The second kappa shape index (κ2) is 28.9. The Hall–Kier alpha value is -6.36. The molecule has 0 saturated carbocycles. The maximum atomic E-state index is 15.2. The Morgan fingerprint density at radius 3 is 1.95 bits per heavy atom. The van der Waals surface area contributed by atoms with Gasteiger partial charge in [-0.2, -0.15) is 0 Å². The van der Waals surface area contributed by atoms with E-state index in [9.17, 15) is 52.6 Å². The van der Waals surface area contributed by atoms with Gasteiger partial charge in [0.05, 0.1) is 6.10 Å². The maximum Gasteiger partial charge on any atom is 0.695 e. The SMILES string of the molecule is C=C1C(=O)N[C@@H](C)C(=O)N(C)[C@@H](C)C(=O)N[C@@H](C(OC(=O)[C@@H](NC(=O)CC)[C@H](O[P+](=O)O)C(C)C)C(C)C)C(=O)N(C)[C@@H]([C@@H](C)OC)C(=O)O[C@H](C(C)C)[C@H](NC(C)=O)C(=O)O[C@H](Cc2ccccc2)C(=O)N1C. The summed E-state index contributed by atoms with van der Waals surface area (Å²) in [5.41, 5.74) is 0.0261. The smallest absolute Gasteiger partial charge is 0.458 e. The van der Waals surface area contributed by atoms with E-state index in [-0.39, 0.29) is 12.8 Å². The minimum Gasteiger partial charge on any atom is -0.458 e. The Labute approximate surface area is 433 Å². The number of hydrogen-bond acceptors (Lipinski definition) is 16. The summed E-state index contributed by atoms with van der Waals surface area (Å²) in [4.78, 5) is 153. The van der Waals surface area contributed by atoms with Crippen LogP contribution < -0.4 is 21.3 Å². The number of cyclic esters (lactones) is 2. The second-order valence-corrected chi connectivity index (χ2v) is 19.7. The zero-order valence-corrected chi connectivity index (χ0v) is 45.8. The van der Waals surface area contributed by atoms with E-state index >= 15 is 4.79 Å². The monoisotopic (exact) mass is 1060 g/mol. The van der Waals surface area contributed by atoms with Crippen molar-refractivity contribution >= 4 is 67.5 Å². The van der Waals surface area contributed by atoms with Crippen LogP contribution in [0.25, 0.3) is 0 Å². The van der Waals surface area contributed by atoms with E-state index in [1.165, 1.54) is 62.7 Å². The van der Waals surface area contributed by atoms with Crippen molar-refractivity contribution in [3.63, 3.8) is 0 Å². The molecule has 0 spiro atoms. The number of amides is 7. The van der Waals surface area contributed by atoms with Gasteiger partial charge in [0.1, 0.15) is 42.1 Å². The molecule has 25 heteroatoms. The molecule has 1 heterocycles. The molecule has 1 saturated heterocycles. The molecule has 2 unspecified atom stereocenters. The van der Waals surface area contributed by atoms with E-state index in [2.05, 4.69) is 27.8 Å². The van der Waals surface area contributed by atoms with Crippen LogP contribution in [0.2, 0.25) is 0 Å². The van der Waals surface area contributed by atoms with Crippen molar-refractivity contribution in [2.24, 2.45) is 17.8 Å². The highest BCUT2D eigenvalue weighted by atomic mass is 31.1. The summed E-state index contributed by atoms with van der Waals surface area (Å²) in [6, 6.07) is -1.69. The highest BCUT2D eigenvalue weighted by molar-refractivity contribution is 7.32. The first-order chi connectivity index (χ1) is 34.4. The number of rotatable bonds is 16. The fourth-order valence-corrected chi connectivity index (χ4v) is 8.32. The molecule has 0 bridgehead atoms. The van der Waals surface area contributed by atoms with Crippen LogP contribution in [-0.4, -0.2) is 174 Å². The van der Waals surface area contributed by atoms with E-state index in [0.717, 1.165) is 28.7 Å². The third-order valence-electron chi connectivity index (χ3n) is 12.4. The molecule has 0 aromatic heterocycles. The third kappa shape index (κ3) is 17.4. The zero-order chi connectivity index (χ0) is 56.6. The topological polar surface area (TPSA) is 312 Å². The number of nitrogens with zero attached hydrogens (tertiary/aromatic N) is 3. The standard InChI is InChI=1S/C49H74N7O17P/c1-17-34(58)52-37(41(26(6)7)73-74(67)68)48(65)71-39(24(2)3)35-46(63)56(15)38(30(11)69-16)49(66)72-40(25(4)5)36(51-31(12)57)47(64)70-33(23-32-21-19-18-20-22-32)45(62)55(14)28(9)42(59)50-27(8)44(61)54(13)29(10)43(60)53-35/h18-22,24-27,29-30,33,35-41H,9,17,23H2,1-8,10-16H3,(H4-,50,51,52,53,57,58,59,60,67,68)/p+1/t27-,29-,30+,33+,35-,36-,37-,38-,39?,40+,41+/m0/s1. The van der Waals surface area contributed by atoms with Gasteiger partial charge in [-0.15, -0.1) is 9.42 Å². The van der Waals surface area contributed by atoms with Crippen molar-refractivity contribution in [1.82, 2.24) is 36.0 Å². The van der Waals surface area contributed by atoms with E-state index < -0.39 is 158 Å². The molecule has 12 atom stereocenters. The van der Waals surface area contributed by atoms with Gasteiger partial charge < -0.3 is 54.9 Å². The lowest BCUT2D eigenvalue weighted by Gasteiger charge is -2.39. The van der Waals surface area contributed by atoms with Gasteiger partial charge in [-0.25, -0.2) is 14.4 Å². The normalized spacial score (nSPS) is 24.4. The van der Waals surface area contributed by atoms with Crippen LogP contribution in [0.1, 0.15) is 88.1 Å². The summed E-state index contributed by atoms with van der Waals surface area (Å²) in [5.74, 6) is -12.4. The van der Waals surface area contributed by atoms with Crippen LogP contribution >= 0.6 is 8.25 Å². The predicted molar refractivity (Wildman–Crippen MR) is 266 cm³/mol. The van der Waals surface area contributed by atoms with Crippen LogP contribution in [0.3, 0.4) is 0 Å². The molecule has 7 amide bonds. The van der Waals surface area contributed by atoms with Crippen LogP contribution in [0, 0.1) is 17.8 Å². The van der Waals surface area contributed by atoms with Gasteiger partial charge in [-0.1, -0.05) is 85.4 Å². The molecule has 1 aromatic carbocycles. The molecule has 1 fully saturated rings. The molecular weight excluding hydrogens is 990 g/mol. The fourth-order valence-electron chi connectivity index (χ4n) is 7.75. The van der Waals surface area contributed by atoms with Crippen molar-refractivity contribution < 1.29 is 80.9 Å². The number of benzene rings is 1. The van der Waals surface area contributed by atoms with Crippen molar-refractivity contribution in [3.05, 3.63) is 48.2 Å². The Morgan fingerprint density at radius 1 is 0.851 bits per heavy atom. The highest BCUT2D eigenvalue weighted by Crippen LogP contribution is 2.28. The van der Waals surface area contributed by atoms with Crippen LogP contribution in [0.15, 0.2) is 42.6 Å². The third-order valence-corrected chi connectivity index (χ3v) is 12.8. The van der Waals surface area contributed by atoms with Crippen molar-refractivity contribution in [1.29, 1.82) is 0 Å². The molecular formula is C49H75N7O17P+. The van der Waals surface area contributed by atoms with Gasteiger partial charge in [-0.3, -0.25) is 33.6 Å². The number of methoxy groups -OCH3 is 1. The van der Waals surface area contributed by atoms with Gasteiger partial charge >= 0.3 is 26.2 Å². The molecule has 1 aromatic rings. The van der Waals surface area contributed by atoms with Crippen molar-refractivity contribution in [2.45, 2.75) is 156 Å². The molecule has 24 nitrogen and oxygen atoms in total. The van der Waals surface area contributed by atoms with Gasteiger partial charge in [0.2, 0.25) is 29.5 Å². The van der Waals surface area contributed by atoms with Crippen LogP contribution in [-0.2, 0) is 82.4 Å². The van der Waals surface area contributed by atoms with Gasteiger partial charge in [0, 0.05) is 52.6 Å². The summed E-state index contributed by atoms with van der Waals surface area (Å²) in [5, 5.41) is 9.91. The highest BCUT2D eigenvalue weighted by Gasteiger charge is 2.48. The molecule has 1 aliphatic rings. The van der Waals surface area contributed by atoms with Crippen LogP contribution in [0.5, 0.6) is 0 Å². The largest absolute Gasteiger partial charge is 0.695 e. The van der Waals surface area contributed by atoms with Gasteiger partial charge in [-0.05, 0) is 44.1 Å². The molecule has 2 rings (SSSR count). The van der Waals surface area contributed by atoms with E-state index in [1.54, 1.807) is 58.0 Å². The van der Waals surface area contributed by atoms with Crippen molar-refractivity contribution in [2.75, 3.05) is 28.3 Å². The number of carbonyl (C=O) groups excluding carboxylic acids is 10. The summed E-state index contributed by atoms with van der Waals surface area (Å²) >= 11 is 0. The van der Waals surface area contributed by atoms with E-state index in [1.807, 2.05) is 0 Å². The molecule has 74 heavy (non-hydrogen) atoms. The first-order valence-corrected chi connectivity index (χ1v) is 25.2. The summed E-state index contributed by atoms with van der Waals surface area (Å²) < 4.78 is 40.6. The quantitative estimate of drug-likeness (QED) is 0.0669. The number of esters is 3. The van der Waals surface area contributed by atoms with Gasteiger partial charge in [0.25, 0.3) is 11.8 Å². The lowest BCUT2D eigenvalue weighted by Crippen LogP contribution is -2.64. The Bertz CT molecular complexity index is 2230. The van der Waals surface area contributed by atoms with Crippen LogP contribution in [0.4, 0.5) is 0 Å². The van der Waals surface area contributed by atoms with Crippen molar-refractivity contribution in [3.8, 4) is 0 Å². The minimum absolute atomic E-state index is 0.137. The minimum atomic E-state index is -3.33. The average Bonchev–Trinajstić information content (AvgIpc) is 3.34. The first kappa shape index (κ1) is 63.8. The number of carbonyl (C=O) groups is 10. The maximum absolute atomic E-state index is 15.2. The predicted octanol–water partition coefficient (Wildman–Crippen LogP) is 1.05. The number of likely N-dealkylation sites (N-methyl/N-ethyl adjacent to an activating group) is 3. The molecule has 0 aliphatic carbocycles. The Balaban J connectivity index is 3.01. The second-order valence-electron chi connectivity index (χ2n) is 19.0. The average molecular weight is 1070 g/mol. The molecule has 5 N–H and O–H groups in total.